The van der Waals surface area contributed by atoms with E-state index >= 15 is 0 Å². The molecule has 1 aromatic rings. The van der Waals surface area contributed by atoms with E-state index in [2.05, 4.69) is 20.3 Å². The van der Waals surface area contributed by atoms with Gasteiger partial charge in [0.15, 0.2) is 0 Å². The van der Waals surface area contributed by atoms with E-state index in [4.69, 9.17) is 10.8 Å². The number of aliphatic hydroxyl groups is 1. The van der Waals surface area contributed by atoms with E-state index in [9.17, 15) is 4.79 Å². The monoisotopic (exact) mass is 200 g/mol. The van der Waals surface area contributed by atoms with Crippen LogP contribution in [0.1, 0.15) is 24.3 Å². The quantitative estimate of drug-likeness (QED) is 0.585. The second kappa shape index (κ2) is 4.05. The third-order valence-corrected chi connectivity index (χ3v) is 1.81. The number of amides is 1. The number of nitrogens with two attached hydrogens (primary N) is 1. The van der Waals surface area contributed by atoms with Gasteiger partial charge in [0, 0.05) is 0 Å². The smallest absolute Gasteiger partial charge is 0.277 e. The van der Waals surface area contributed by atoms with Crippen molar-refractivity contribution in [2.75, 3.05) is 5.73 Å². The van der Waals surface area contributed by atoms with Crippen molar-refractivity contribution in [3.05, 3.63) is 5.69 Å². The first kappa shape index (κ1) is 10.5. The van der Waals surface area contributed by atoms with Gasteiger partial charge in [0.2, 0.25) is 11.5 Å². The highest BCUT2D eigenvalue weighted by molar-refractivity contribution is 5.96. The largest absolute Gasteiger partial charge is 0.391 e. The van der Waals surface area contributed by atoms with Gasteiger partial charge in [-0.25, -0.2) is 4.63 Å². The Balaban J connectivity index is 2.64. The normalized spacial score (nSPS) is 14.8. The standard InChI is InChI=1S/C7H12N4O3/c1-3(4(2)12)9-7(13)5-6(8)11-14-10-5/h3-4,12H,1-2H3,(H2,8,11)(H,9,13). The minimum absolute atomic E-state index is 0.0692. The maximum absolute atomic E-state index is 11.4. The molecule has 2 atom stereocenters. The lowest BCUT2D eigenvalue weighted by Gasteiger charge is -2.15. The molecule has 0 aliphatic heterocycles. The molecule has 0 aromatic carbocycles. The summed E-state index contributed by atoms with van der Waals surface area (Å²) in [5.74, 6) is -0.586. The Morgan fingerprint density at radius 1 is 1.57 bits per heavy atom. The summed E-state index contributed by atoms with van der Waals surface area (Å²) in [5.41, 5.74) is 5.23. The summed E-state index contributed by atoms with van der Waals surface area (Å²) in [5, 5.41) is 18.2. The Kier molecular flexibility index (Phi) is 3.03. The fourth-order valence-electron chi connectivity index (χ4n) is 0.749. The van der Waals surface area contributed by atoms with E-state index in [1.807, 2.05) is 0 Å². The molecule has 14 heavy (non-hydrogen) atoms. The third kappa shape index (κ3) is 2.19. The van der Waals surface area contributed by atoms with Crippen molar-refractivity contribution >= 4 is 11.7 Å². The van der Waals surface area contributed by atoms with E-state index in [0.717, 1.165) is 0 Å². The number of aliphatic hydroxyl groups excluding tert-OH is 1. The molecule has 0 saturated carbocycles. The lowest BCUT2D eigenvalue weighted by atomic mass is 10.2. The minimum Gasteiger partial charge on any atom is -0.391 e. The van der Waals surface area contributed by atoms with Gasteiger partial charge in [0.05, 0.1) is 12.1 Å². The van der Waals surface area contributed by atoms with E-state index < -0.39 is 18.1 Å². The average molecular weight is 200 g/mol. The summed E-state index contributed by atoms with van der Waals surface area (Å²) in [6.45, 7) is 3.22. The first-order valence-corrected chi connectivity index (χ1v) is 4.09. The van der Waals surface area contributed by atoms with Crippen LogP contribution in [-0.2, 0) is 0 Å². The van der Waals surface area contributed by atoms with Gasteiger partial charge >= 0.3 is 0 Å². The number of hydrogen-bond donors (Lipinski definition) is 3. The SMILES string of the molecule is CC(O)C(C)NC(=O)c1nonc1N. The molecule has 1 amide bonds. The Morgan fingerprint density at radius 2 is 2.21 bits per heavy atom. The molecule has 0 bridgehead atoms. The lowest BCUT2D eigenvalue weighted by Crippen LogP contribution is -2.40. The summed E-state index contributed by atoms with van der Waals surface area (Å²) in [4.78, 5) is 11.4. The summed E-state index contributed by atoms with van der Waals surface area (Å²) < 4.78 is 4.26. The molecule has 2 unspecified atom stereocenters. The maximum atomic E-state index is 11.4. The summed E-state index contributed by atoms with van der Waals surface area (Å²) in [6.07, 6.45) is -0.653. The summed E-state index contributed by atoms with van der Waals surface area (Å²) in [6, 6.07) is -0.390. The van der Waals surface area contributed by atoms with Gasteiger partial charge in [-0.15, -0.1) is 0 Å². The Labute approximate surface area is 80.2 Å². The van der Waals surface area contributed by atoms with Crippen LogP contribution in [0.4, 0.5) is 5.82 Å². The van der Waals surface area contributed by atoms with Crippen molar-refractivity contribution in [1.29, 1.82) is 0 Å². The van der Waals surface area contributed by atoms with Crippen LogP contribution in [0.5, 0.6) is 0 Å². The molecule has 7 heteroatoms. The van der Waals surface area contributed by atoms with Crippen molar-refractivity contribution in [1.82, 2.24) is 15.6 Å². The van der Waals surface area contributed by atoms with Gasteiger partial charge in [-0.3, -0.25) is 4.79 Å². The summed E-state index contributed by atoms with van der Waals surface area (Å²) >= 11 is 0. The number of rotatable bonds is 3. The van der Waals surface area contributed by atoms with Crippen LogP contribution in [0.2, 0.25) is 0 Å². The van der Waals surface area contributed by atoms with Crippen LogP contribution in [0.25, 0.3) is 0 Å². The molecule has 1 rings (SSSR count). The molecule has 1 heterocycles. The van der Waals surface area contributed by atoms with E-state index in [1.54, 1.807) is 13.8 Å². The van der Waals surface area contributed by atoms with E-state index in [-0.39, 0.29) is 11.5 Å². The highest BCUT2D eigenvalue weighted by Crippen LogP contribution is 2.04. The molecule has 0 radical (unpaired) electrons. The fraction of sp³-hybridized carbons (Fsp3) is 0.571. The average Bonchev–Trinajstić information content (AvgIpc) is 2.51. The van der Waals surface area contributed by atoms with Gasteiger partial charge in [0.25, 0.3) is 5.91 Å². The molecule has 7 nitrogen and oxygen atoms in total. The molecule has 1 aromatic heterocycles. The lowest BCUT2D eigenvalue weighted by molar-refractivity contribution is 0.0865. The van der Waals surface area contributed by atoms with Crippen LogP contribution >= 0.6 is 0 Å². The van der Waals surface area contributed by atoms with Crippen molar-refractivity contribution in [2.45, 2.75) is 26.0 Å². The fourth-order valence-corrected chi connectivity index (χ4v) is 0.749. The van der Waals surface area contributed by atoms with Crippen molar-refractivity contribution in [2.24, 2.45) is 0 Å². The van der Waals surface area contributed by atoms with Gasteiger partial charge in [-0.1, -0.05) is 0 Å². The second-order valence-corrected chi connectivity index (χ2v) is 3.00. The second-order valence-electron chi connectivity index (χ2n) is 3.00. The predicted molar refractivity (Wildman–Crippen MR) is 47.3 cm³/mol. The van der Waals surface area contributed by atoms with Gasteiger partial charge < -0.3 is 16.2 Å². The van der Waals surface area contributed by atoms with Crippen LogP contribution < -0.4 is 11.1 Å². The highest BCUT2D eigenvalue weighted by atomic mass is 16.6. The topological polar surface area (TPSA) is 114 Å². The number of carbonyl (C=O) groups excluding carboxylic acids is 1. The van der Waals surface area contributed by atoms with Gasteiger partial charge in [-0.05, 0) is 24.2 Å². The number of nitrogens with one attached hydrogen (secondary N) is 1. The minimum atomic E-state index is -0.653. The predicted octanol–water partition coefficient (Wildman–Crippen LogP) is -0.849. The Morgan fingerprint density at radius 3 is 2.64 bits per heavy atom. The molecular weight excluding hydrogens is 188 g/mol. The first-order chi connectivity index (χ1) is 6.52. The van der Waals surface area contributed by atoms with Gasteiger partial charge in [0.1, 0.15) is 0 Å². The molecule has 0 fully saturated rings. The number of aromatic nitrogens is 2. The molecule has 4 N–H and O–H groups in total. The number of nitrogens with zero attached hydrogens (tertiary/aromatic N) is 2. The third-order valence-electron chi connectivity index (χ3n) is 1.81. The van der Waals surface area contributed by atoms with Crippen molar-refractivity contribution < 1.29 is 14.5 Å². The Bertz CT molecular complexity index is 322. The Hall–Kier alpha value is -1.63. The zero-order valence-electron chi connectivity index (χ0n) is 7.89. The summed E-state index contributed by atoms with van der Waals surface area (Å²) in [7, 11) is 0. The first-order valence-electron chi connectivity index (χ1n) is 4.09. The molecule has 0 aliphatic carbocycles. The van der Waals surface area contributed by atoms with Crippen molar-refractivity contribution in [3.63, 3.8) is 0 Å². The molecule has 78 valence electrons. The molecule has 0 aliphatic rings. The molecular formula is C7H12N4O3. The number of hydrogen-bond acceptors (Lipinski definition) is 6. The zero-order valence-corrected chi connectivity index (χ0v) is 7.89. The number of nitrogen functional groups attached to an aromatic ring is 1. The molecule has 0 spiro atoms. The van der Waals surface area contributed by atoms with Crippen LogP contribution in [-0.4, -0.2) is 33.5 Å². The number of anilines is 1. The number of carbonyl (C=O) groups is 1. The van der Waals surface area contributed by atoms with E-state index in [0.29, 0.717) is 0 Å². The highest BCUT2D eigenvalue weighted by Gasteiger charge is 2.19. The van der Waals surface area contributed by atoms with Crippen LogP contribution in [0, 0.1) is 0 Å². The van der Waals surface area contributed by atoms with Gasteiger partial charge in [-0.2, -0.15) is 0 Å². The van der Waals surface area contributed by atoms with Crippen LogP contribution in [0.3, 0.4) is 0 Å². The zero-order chi connectivity index (χ0) is 10.7. The maximum Gasteiger partial charge on any atom is 0.277 e. The van der Waals surface area contributed by atoms with Crippen LogP contribution in [0.15, 0.2) is 4.63 Å². The van der Waals surface area contributed by atoms with Crippen molar-refractivity contribution in [3.8, 4) is 0 Å². The van der Waals surface area contributed by atoms with E-state index in [1.165, 1.54) is 0 Å². The molecule has 0 saturated heterocycles.